The number of fused-ring (bicyclic) bond motifs is 2. The number of aromatic amines is 2. The minimum absolute atomic E-state index is 0.0905. The summed E-state index contributed by atoms with van der Waals surface area (Å²) >= 11 is 0. The molecule has 2 aromatic carbocycles. The Morgan fingerprint density at radius 2 is 1.68 bits per heavy atom. The number of hydrogen-bond donors (Lipinski definition) is 3. The first kappa shape index (κ1) is 15.4. The highest BCUT2D eigenvalue weighted by Gasteiger charge is 2.20. The lowest BCUT2D eigenvalue weighted by Gasteiger charge is -2.25. The number of carbonyl (C=O) groups is 1. The second-order valence-electron chi connectivity index (χ2n) is 6.35. The topological polar surface area (TPSA) is 94.8 Å². The highest BCUT2D eigenvalue weighted by molar-refractivity contribution is 5.97. The first-order chi connectivity index (χ1) is 12.1. The molecule has 1 aliphatic carbocycles. The van der Waals surface area contributed by atoms with E-state index in [-0.39, 0.29) is 11.9 Å². The molecule has 126 valence electrons. The van der Waals surface area contributed by atoms with Crippen LogP contribution in [0, 0.1) is 0 Å². The summed E-state index contributed by atoms with van der Waals surface area (Å²) in [6.45, 7) is 0. The number of aryl methyl sites for hydroxylation is 1. The van der Waals surface area contributed by atoms with Gasteiger partial charge >= 0.3 is 11.1 Å². The molecular weight excluding hydrogens is 318 g/mol. The maximum absolute atomic E-state index is 12.5. The minimum atomic E-state index is -0.728. The third-order valence-electron chi connectivity index (χ3n) is 4.67. The molecule has 0 unspecified atom stereocenters. The average Bonchev–Trinajstić information content (AvgIpc) is 2.62. The molecule has 0 fully saturated rings. The molecule has 6 heteroatoms. The molecule has 0 saturated heterocycles. The Kier molecular flexibility index (Phi) is 3.72. The molecule has 1 aliphatic rings. The zero-order chi connectivity index (χ0) is 17.4. The number of nitrogens with one attached hydrogen (secondary N) is 3. The van der Waals surface area contributed by atoms with Gasteiger partial charge in [0.15, 0.2) is 0 Å². The molecule has 1 aromatic heterocycles. The highest BCUT2D eigenvalue weighted by atomic mass is 16.2. The molecule has 4 rings (SSSR count). The van der Waals surface area contributed by atoms with E-state index in [2.05, 4.69) is 27.4 Å². The molecule has 3 aromatic rings. The van der Waals surface area contributed by atoms with Crippen molar-refractivity contribution in [3.05, 3.63) is 79.9 Å². The predicted molar refractivity (Wildman–Crippen MR) is 94.9 cm³/mol. The summed E-state index contributed by atoms with van der Waals surface area (Å²) < 4.78 is 0. The van der Waals surface area contributed by atoms with Crippen LogP contribution < -0.4 is 16.4 Å². The Labute approximate surface area is 142 Å². The number of rotatable bonds is 2. The fourth-order valence-electron chi connectivity index (χ4n) is 3.35. The third-order valence-corrected chi connectivity index (χ3v) is 4.67. The smallest absolute Gasteiger partial charge is 0.314 e. The maximum atomic E-state index is 12.5. The third kappa shape index (κ3) is 2.98. The molecule has 0 aliphatic heterocycles. The van der Waals surface area contributed by atoms with Crippen molar-refractivity contribution in [2.24, 2.45) is 0 Å². The van der Waals surface area contributed by atoms with Crippen LogP contribution in [0.4, 0.5) is 0 Å². The Balaban J connectivity index is 1.55. The summed E-state index contributed by atoms with van der Waals surface area (Å²) in [5.41, 5.74) is 2.58. The molecule has 1 amide bonds. The van der Waals surface area contributed by atoms with Crippen LogP contribution in [-0.2, 0) is 12.8 Å². The molecule has 25 heavy (non-hydrogen) atoms. The zero-order valence-electron chi connectivity index (χ0n) is 13.5. The number of amides is 1. The summed E-state index contributed by atoms with van der Waals surface area (Å²) in [5, 5.41) is 3.06. The van der Waals surface area contributed by atoms with Gasteiger partial charge in [0, 0.05) is 11.6 Å². The zero-order valence-corrected chi connectivity index (χ0v) is 13.5. The van der Waals surface area contributed by atoms with Crippen molar-refractivity contribution in [3.8, 4) is 0 Å². The van der Waals surface area contributed by atoms with Gasteiger partial charge in [-0.1, -0.05) is 24.3 Å². The van der Waals surface area contributed by atoms with Crippen molar-refractivity contribution in [2.75, 3.05) is 0 Å². The summed E-state index contributed by atoms with van der Waals surface area (Å²) in [4.78, 5) is 40.3. The molecule has 3 N–H and O–H groups in total. The van der Waals surface area contributed by atoms with Crippen LogP contribution in [-0.4, -0.2) is 21.9 Å². The van der Waals surface area contributed by atoms with E-state index in [9.17, 15) is 14.4 Å². The lowest BCUT2D eigenvalue weighted by Crippen LogP contribution is -2.38. The molecule has 0 bridgehead atoms. The first-order valence-electron chi connectivity index (χ1n) is 8.24. The van der Waals surface area contributed by atoms with Gasteiger partial charge in [-0.25, -0.2) is 0 Å². The molecular formula is C19H17N3O3. The van der Waals surface area contributed by atoms with E-state index >= 15 is 0 Å². The van der Waals surface area contributed by atoms with Crippen molar-refractivity contribution >= 4 is 16.9 Å². The summed E-state index contributed by atoms with van der Waals surface area (Å²) in [5.74, 6) is -0.182. The van der Waals surface area contributed by atoms with Crippen LogP contribution in [0.25, 0.3) is 11.0 Å². The van der Waals surface area contributed by atoms with Crippen LogP contribution in [0.1, 0.15) is 27.9 Å². The van der Waals surface area contributed by atoms with Gasteiger partial charge in [-0.05, 0) is 48.6 Å². The summed E-state index contributed by atoms with van der Waals surface area (Å²) in [7, 11) is 0. The van der Waals surface area contributed by atoms with E-state index in [0.29, 0.717) is 16.6 Å². The van der Waals surface area contributed by atoms with E-state index in [0.717, 1.165) is 19.3 Å². The van der Waals surface area contributed by atoms with E-state index in [4.69, 9.17) is 0 Å². The predicted octanol–water partition coefficient (Wildman–Crippen LogP) is 1.50. The highest BCUT2D eigenvalue weighted by Crippen LogP contribution is 2.21. The van der Waals surface area contributed by atoms with Gasteiger partial charge in [0.1, 0.15) is 0 Å². The second-order valence-corrected chi connectivity index (χ2v) is 6.35. The number of carbonyl (C=O) groups excluding carboxylic acids is 1. The largest absolute Gasteiger partial charge is 0.349 e. The number of aromatic nitrogens is 2. The van der Waals surface area contributed by atoms with Crippen molar-refractivity contribution in [1.82, 2.24) is 15.3 Å². The minimum Gasteiger partial charge on any atom is -0.349 e. The van der Waals surface area contributed by atoms with Crippen LogP contribution >= 0.6 is 0 Å². The SMILES string of the molecule is O=C(N[C@@H]1CCc2ccccc2C1)c1ccc2[nH]c(=O)c(=O)[nH]c2c1. The lowest BCUT2D eigenvalue weighted by atomic mass is 9.88. The molecule has 1 atom stereocenters. The van der Waals surface area contributed by atoms with Crippen LogP contribution in [0.5, 0.6) is 0 Å². The van der Waals surface area contributed by atoms with E-state index < -0.39 is 11.1 Å². The van der Waals surface area contributed by atoms with Crippen molar-refractivity contribution in [1.29, 1.82) is 0 Å². The van der Waals surface area contributed by atoms with Gasteiger partial charge in [-0.15, -0.1) is 0 Å². The summed E-state index contributed by atoms with van der Waals surface area (Å²) in [6.07, 6.45) is 2.67. The molecule has 0 spiro atoms. The molecule has 6 nitrogen and oxygen atoms in total. The van der Waals surface area contributed by atoms with Gasteiger partial charge in [0.2, 0.25) is 0 Å². The Bertz CT molecular complexity index is 1080. The monoisotopic (exact) mass is 335 g/mol. The number of hydrogen-bond acceptors (Lipinski definition) is 3. The second kappa shape index (κ2) is 6.05. The fraction of sp³-hybridized carbons (Fsp3) is 0.211. The van der Waals surface area contributed by atoms with Gasteiger partial charge in [-0.2, -0.15) is 0 Å². The Morgan fingerprint density at radius 3 is 2.48 bits per heavy atom. The van der Waals surface area contributed by atoms with Crippen molar-refractivity contribution in [2.45, 2.75) is 25.3 Å². The van der Waals surface area contributed by atoms with Crippen LogP contribution in [0.15, 0.2) is 52.1 Å². The lowest BCUT2D eigenvalue weighted by molar-refractivity contribution is 0.0934. The van der Waals surface area contributed by atoms with Gasteiger partial charge < -0.3 is 15.3 Å². The Morgan fingerprint density at radius 1 is 0.960 bits per heavy atom. The average molecular weight is 335 g/mol. The number of benzene rings is 2. The van der Waals surface area contributed by atoms with Gasteiger partial charge in [-0.3, -0.25) is 14.4 Å². The fourth-order valence-corrected chi connectivity index (χ4v) is 3.35. The van der Waals surface area contributed by atoms with Crippen LogP contribution in [0.2, 0.25) is 0 Å². The van der Waals surface area contributed by atoms with Crippen molar-refractivity contribution in [3.63, 3.8) is 0 Å². The van der Waals surface area contributed by atoms with E-state index in [1.807, 2.05) is 12.1 Å². The molecule has 1 heterocycles. The molecule has 0 saturated carbocycles. The van der Waals surface area contributed by atoms with Gasteiger partial charge in [0.25, 0.3) is 5.91 Å². The standard InChI is InChI=1S/C19H17N3O3/c23-17(20-14-7-5-11-3-1-2-4-12(11)9-14)13-6-8-15-16(10-13)22-19(25)18(24)21-15/h1-4,6,8,10,14H,5,7,9H2,(H,20,23)(H,21,24)(H,22,25)/t14-/m1/s1. The normalized spacial score (nSPS) is 16.4. The first-order valence-corrected chi connectivity index (χ1v) is 8.24. The molecule has 0 radical (unpaired) electrons. The maximum Gasteiger partial charge on any atom is 0.314 e. The van der Waals surface area contributed by atoms with E-state index in [1.165, 1.54) is 11.1 Å². The summed E-state index contributed by atoms with van der Waals surface area (Å²) in [6, 6.07) is 13.2. The Hall–Kier alpha value is -3.15. The quantitative estimate of drug-likeness (QED) is 0.620. The number of H-pyrrole nitrogens is 2. The van der Waals surface area contributed by atoms with Crippen LogP contribution in [0.3, 0.4) is 0 Å². The van der Waals surface area contributed by atoms with Crippen molar-refractivity contribution < 1.29 is 4.79 Å². The van der Waals surface area contributed by atoms with E-state index in [1.54, 1.807) is 18.2 Å². The van der Waals surface area contributed by atoms with Gasteiger partial charge in [0.05, 0.1) is 11.0 Å².